The average molecular weight is 155 g/mol. The third-order valence-corrected chi connectivity index (χ3v) is 0.866. The van der Waals surface area contributed by atoms with Gasteiger partial charge >= 0.3 is 35.5 Å². The fourth-order valence-corrected chi connectivity index (χ4v) is 0.358. The summed E-state index contributed by atoms with van der Waals surface area (Å²) in [6.07, 6.45) is 0.724. The summed E-state index contributed by atoms with van der Waals surface area (Å²) in [5.41, 5.74) is 5.09. The maximum atomic E-state index is 9.85. The second kappa shape index (κ2) is 7.21. The standard InChI is InChI=1S/C5H9NO3.Na.H/c6-4(3-7)1-2-5(8)9;;/h3-4H,1-2,6H2,(H,8,9);;/q;+1;-1/t4-;;/m0../s1. The minimum absolute atomic E-state index is 0. The quantitative estimate of drug-likeness (QED) is 0.326. The summed E-state index contributed by atoms with van der Waals surface area (Å²) in [6.45, 7) is 0. The fourth-order valence-electron chi connectivity index (χ4n) is 0.358. The van der Waals surface area contributed by atoms with Gasteiger partial charge in [-0.2, -0.15) is 0 Å². The van der Waals surface area contributed by atoms with Gasteiger partial charge in [0.15, 0.2) is 0 Å². The number of rotatable bonds is 4. The summed E-state index contributed by atoms with van der Waals surface area (Å²) in [5.74, 6) is -0.924. The Labute approximate surface area is 82.6 Å². The summed E-state index contributed by atoms with van der Waals surface area (Å²) in [5, 5.41) is 8.09. The minimum Gasteiger partial charge on any atom is -1.00 e. The number of aliphatic carboxylic acids is 1. The first kappa shape index (κ1) is 12.7. The molecule has 5 heteroatoms. The molecule has 1 atom stereocenters. The van der Waals surface area contributed by atoms with Crippen molar-refractivity contribution in [3.05, 3.63) is 0 Å². The molecule has 10 heavy (non-hydrogen) atoms. The summed E-state index contributed by atoms with van der Waals surface area (Å²) < 4.78 is 0. The summed E-state index contributed by atoms with van der Waals surface area (Å²) in [6, 6.07) is -0.624. The molecule has 0 amide bonds. The van der Waals surface area contributed by atoms with Crippen molar-refractivity contribution in [3.8, 4) is 0 Å². The maximum absolute atomic E-state index is 9.85. The number of hydrogen-bond acceptors (Lipinski definition) is 3. The van der Waals surface area contributed by atoms with Gasteiger partial charge < -0.3 is 17.1 Å². The number of carboxylic acids is 1. The Kier molecular flexibility index (Phi) is 9.19. The van der Waals surface area contributed by atoms with Crippen molar-refractivity contribution in [3.63, 3.8) is 0 Å². The van der Waals surface area contributed by atoms with Gasteiger partial charge in [-0.3, -0.25) is 4.79 Å². The number of carbonyl (C=O) groups is 2. The molecular formula is C5H10NNaO3. The Morgan fingerprint density at radius 1 is 1.80 bits per heavy atom. The third kappa shape index (κ3) is 8.10. The van der Waals surface area contributed by atoms with E-state index >= 15 is 0 Å². The van der Waals surface area contributed by atoms with Crippen LogP contribution >= 0.6 is 0 Å². The first-order chi connectivity index (χ1) is 4.16. The van der Waals surface area contributed by atoms with E-state index in [1.54, 1.807) is 0 Å². The molecule has 4 nitrogen and oxygen atoms in total. The van der Waals surface area contributed by atoms with Crippen LogP contribution in [0.3, 0.4) is 0 Å². The number of aldehydes is 1. The van der Waals surface area contributed by atoms with Crippen molar-refractivity contribution in [1.29, 1.82) is 0 Å². The van der Waals surface area contributed by atoms with E-state index in [4.69, 9.17) is 10.8 Å². The fraction of sp³-hybridized carbons (Fsp3) is 0.600. The van der Waals surface area contributed by atoms with Crippen LogP contribution in [0.4, 0.5) is 0 Å². The van der Waals surface area contributed by atoms with E-state index in [1.807, 2.05) is 0 Å². The van der Waals surface area contributed by atoms with Crippen LogP contribution in [0, 0.1) is 0 Å². The summed E-state index contributed by atoms with van der Waals surface area (Å²) in [4.78, 5) is 19.6. The molecule has 0 aliphatic carbocycles. The van der Waals surface area contributed by atoms with Crippen molar-refractivity contribution in [2.24, 2.45) is 5.73 Å². The van der Waals surface area contributed by atoms with Crippen LogP contribution < -0.4 is 35.3 Å². The van der Waals surface area contributed by atoms with Crippen LogP contribution in [0.1, 0.15) is 14.3 Å². The number of hydrogen-bond donors (Lipinski definition) is 2. The van der Waals surface area contributed by atoms with Gasteiger partial charge in [-0.1, -0.05) is 0 Å². The minimum atomic E-state index is -0.924. The van der Waals surface area contributed by atoms with Crippen molar-refractivity contribution in [1.82, 2.24) is 0 Å². The molecule has 0 heterocycles. The zero-order valence-corrected chi connectivity index (χ0v) is 7.91. The van der Waals surface area contributed by atoms with E-state index in [0.29, 0.717) is 6.29 Å². The number of nitrogens with two attached hydrogens (primary N) is 1. The Hall–Kier alpha value is 0.100. The van der Waals surface area contributed by atoms with Gasteiger partial charge in [0.1, 0.15) is 6.29 Å². The normalized spacial score (nSPS) is 11.3. The second-order valence-electron chi connectivity index (χ2n) is 1.73. The molecule has 0 spiro atoms. The smallest absolute Gasteiger partial charge is 1.00 e. The zero-order valence-electron chi connectivity index (χ0n) is 6.91. The maximum Gasteiger partial charge on any atom is 1.00 e. The average Bonchev–Trinajstić information content (AvgIpc) is 1.83. The van der Waals surface area contributed by atoms with Gasteiger partial charge in [-0.15, -0.1) is 0 Å². The van der Waals surface area contributed by atoms with Gasteiger partial charge in [0.2, 0.25) is 0 Å². The van der Waals surface area contributed by atoms with Crippen LogP contribution in [0.5, 0.6) is 0 Å². The van der Waals surface area contributed by atoms with Gasteiger partial charge in [-0.25, -0.2) is 0 Å². The van der Waals surface area contributed by atoms with Gasteiger partial charge in [0.25, 0.3) is 0 Å². The van der Waals surface area contributed by atoms with Crippen molar-refractivity contribution in [2.45, 2.75) is 18.9 Å². The van der Waals surface area contributed by atoms with Crippen molar-refractivity contribution < 1.29 is 45.7 Å². The Balaban J connectivity index is -0.000000320. The van der Waals surface area contributed by atoms with E-state index in [0.717, 1.165) is 0 Å². The molecule has 0 unspecified atom stereocenters. The zero-order chi connectivity index (χ0) is 7.28. The molecule has 0 aliphatic rings. The second-order valence-corrected chi connectivity index (χ2v) is 1.73. The van der Waals surface area contributed by atoms with E-state index in [-0.39, 0.29) is 43.8 Å². The molecule has 0 radical (unpaired) electrons. The first-order valence-corrected chi connectivity index (χ1v) is 2.59. The molecule has 54 valence electrons. The molecule has 0 rings (SSSR count). The Morgan fingerprint density at radius 2 is 2.30 bits per heavy atom. The molecule has 0 bridgehead atoms. The molecular weight excluding hydrogens is 145 g/mol. The number of carboxylic acid groups (broad SMARTS) is 1. The Bertz CT molecular complexity index is 122. The van der Waals surface area contributed by atoms with Crippen LogP contribution in [0.25, 0.3) is 0 Å². The van der Waals surface area contributed by atoms with Crippen molar-refractivity contribution >= 4 is 12.3 Å². The monoisotopic (exact) mass is 155 g/mol. The van der Waals surface area contributed by atoms with Crippen molar-refractivity contribution in [2.75, 3.05) is 0 Å². The van der Waals surface area contributed by atoms with Gasteiger partial charge in [0, 0.05) is 6.42 Å². The predicted octanol–water partition coefficient (Wildman–Crippen LogP) is -3.51. The molecule has 0 aliphatic heterocycles. The Morgan fingerprint density at radius 3 is 2.60 bits per heavy atom. The predicted molar refractivity (Wildman–Crippen MR) is 32.0 cm³/mol. The molecule has 0 fully saturated rings. The molecule has 0 aromatic rings. The van der Waals surface area contributed by atoms with E-state index < -0.39 is 12.0 Å². The van der Waals surface area contributed by atoms with Crippen LogP contribution in [-0.4, -0.2) is 23.4 Å². The van der Waals surface area contributed by atoms with Gasteiger partial charge in [-0.05, 0) is 6.42 Å². The molecule has 0 saturated carbocycles. The number of carbonyl (C=O) groups excluding carboxylic acids is 1. The van der Waals surface area contributed by atoms with Crippen LogP contribution in [0.15, 0.2) is 0 Å². The SMILES string of the molecule is N[C@H](C=O)CCC(=O)O.[H-].[Na+]. The molecule has 0 aromatic heterocycles. The van der Waals surface area contributed by atoms with Crippen LogP contribution in [-0.2, 0) is 9.59 Å². The topological polar surface area (TPSA) is 80.4 Å². The van der Waals surface area contributed by atoms with Gasteiger partial charge in [0.05, 0.1) is 6.04 Å². The first-order valence-electron chi connectivity index (χ1n) is 2.59. The molecule has 3 N–H and O–H groups in total. The summed E-state index contributed by atoms with van der Waals surface area (Å²) in [7, 11) is 0. The third-order valence-electron chi connectivity index (χ3n) is 0.866. The largest absolute Gasteiger partial charge is 1.00 e. The molecule has 0 aromatic carbocycles. The van der Waals surface area contributed by atoms with Crippen LogP contribution in [0.2, 0.25) is 0 Å². The summed E-state index contributed by atoms with van der Waals surface area (Å²) >= 11 is 0. The van der Waals surface area contributed by atoms with E-state index in [9.17, 15) is 9.59 Å². The van der Waals surface area contributed by atoms with E-state index in [2.05, 4.69) is 0 Å². The van der Waals surface area contributed by atoms with E-state index in [1.165, 1.54) is 0 Å². The molecule has 0 saturated heterocycles.